The zero-order chi connectivity index (χ0) is 22.5. The molecule has 0 saturated carbocycles. The first-order valence-electron chi connectivity index (χ1n) is 9.64. The van der Waals surface area contributed by atoms with E-state index in [-0.39, 0.29) is 11.7 Å². The summed E-state index contributed by atoms with van der Waals surface area (Å²) in [4.78, 5) is 17.3. The molecule has 0 spiro atoms. The summed E-state index contributed by atoms with van der Waals surface area (Å²) < 4.78 is 11.3. The summed E-state index contributed by atoms with van der Waals surface area (Å²) in [6.07, 6.45) is 1.77. The van der Waals surface area contributed by atoms with Crippen LogP contribution in [0, 0.1) is 0 Å². The van der Waals surface area contributed by atoms with Crippen molar-refractivity contribution in [3.05, 3.63) is 87.8 Å². The first-order chi connectivity index (χ1) is 15.5. The lowest BCUT2D eigenvalue weighted by atomic mass is 10.2. The molecule has 0 unspecified atom stereocenters. The zero-order valence-electron chi connectivity index (χ0n) is 17.0. The molecule has 0 radical (unpaired) electrons. The fraction of sp³-hybridized carbons (Fsp3) is 0.0833. The molecule has 1 aliphatic rings. The second-order valence-corrected chi connectivity index (χ2v) is 8.29. The summed E-state index contributed by atoms with van der Waals surface area (Å²) in [7, 11) is 1.57. The Hall–Kier alpha value is -3.42. The molecule has 0 atom stereocenters. The van der Waals surface area contributed by atoms with E-state index >= 15 is 0 Å². The van der Waals surface area contributed by atoms with E-state index in [2.05, 4.69) is 10.3 Å². The number of amides is 1. The van der Waals surface area contributed by atoms with E-state index in [0.29, 0.717) is 38.9 Å². The minimum atomic E-state index is -0.227. The molecule has 32 heavy (non-hydrogen) atoms. The summed E-state index contributed by atoms with van der Waals surface area (Å²) in [5.41, 5.74) is 2.42. The lowest BCUT2D eigenvalue weighted by Gasteiger charge is -2.11. The molecule has 8 heteroatoms. The van der Waals surface area contributed by atoms with Crippen LogP contribution >= 0.6 is 23.4 Å². The maximum atomic E-state index is 12.4. The molecule has 1 saturated heterocycles. The van der Waals surface area contributed by atoms with Gasteiger partial charge in [0.1, 0.15) is 12.4 Å². The Morgan fingerprint density at radius 3 is 2.53 bits per heavy atom. The number of rotatable bonds is 6. The number of methoxy groups -OCH3 is 1. The van der Waals surface area contributed by atoms with Crippen LogP contribution < -0.4 is 14.8 Å². The van der Waals surface area contributed by atoms with Crippen molar-refractivity contribution in [3.8, 4) is 17.2 Å². The van der Waals surface area contributed by atoms with Crippen LogP contribution in [-0.4, -0.2) is 23.3 Å². The Bertz CT molecular complexity index is 1190. The Balaban J connectivity index is 1.47. The number of halogens is 1. The number of benzene rings is 3. The van der Waals surface area contributed by atoms with Gasteiger partial charge in [0.25, 0.3) is 5.91 Å². The highest BCUT2D eigenvalue weighted by Crippen LogP contribution is 2.33. The van der Waals surface area contributed by atoms with Crippen LogP contribution in [0.25, 0.3) is 6.08 Å². The molecule has 1 heterocycles. The highest BCUT2D eigenvalue weighted by molar-refractivity contribution is 8.18. The van der Waals surface area contributed by atoms with Crippen molar-refractivity contribution in [2.24, 2.45) is 4.99 Å². The number of hydrogen-bond donors (Lipinski definition) is 2. The van der Waals surface area contributed by atoms with Crippen molar-refractivity contribution >= 4 is 46.2 Å². The van der Waals surface area contributed by atoms with Crippen LogP contribution in [0.15, 0.2) is 76.6 Å². The standard InChI is InChI=1S/C24H19ClN2O4S/c1-30-21-12-16(4-11-20(21)31-14-15-2-5-17(25)6-3-15)13-22-23(29)27-24(32-22)26-18-7-9-19(28)10-8-18/h2-13,28H,14H2,1H3,(H,26,27,29). The summed E-state index contributed by atoms with van der Waals surface area (Å²) in [6, 6.07) is 19.3. The maximum absolute atomic E-state index is 12.4. The lowest BCUT2D eigenvalue weighted by molar-refractivity contribution is -0.115. The van der Waals surface area contributed by atoms with E-state index in [9.17, 15) is 9.90 Å². The first kappa shape index (κ1) is 21.8. The third-order valence-corrected chi connectivity index (χ3v) is 5.69. The van der Waals surface area contributed by atoms with Crippen LogP contribution in [-0.2, 0) is 11.4 Å². The topological polar surface area (TPSA) is 80.2 Å². The molecular formula is C24H19ClN2O4S. The average Bonchev–Trinajstić information content (AvgIpc) is 3.13. The molecular weight excluding hydrogens is 448 g/mol. The van der Waals surface area contributed by atoms with Gasteiger partial charge in [0.05, 0.1) is 17.7 Å². The van der Waals surface area contributed by atoms with Crippen molar-refractivity contribution in [1.82, 2.24) is 5.32 Å². The minimum Gasteiger partial charge on any atom is -0.508 e. The third kappa shape index (κ3) is 5.43. The van der Waals surface area contributed by atoms with E-state index in [0.717, 1.165) is 11.1 Å². The quantitative estimate of drug-likeness (QED) is 0.467. The Kier molecular flexibility index (Phi) is 6.68. The number of phenols is 1. The molecule has 1 aliphatic heterocycles. The number of carbonyl (C=O) groups excluding carboxylic acids is 1. The van der Waals surface area contributed by atoms with Crippen LogP contribution in [0.4, 0.5) is 5.69 Å². The van der Waals surface area contributed by atoms with Crippen molar-refractivity contribution < 1.29 is 19.4 Å². The van der Waals surface area contributed by atoms with Crippen LogP contribution in [0.1, 0.15) is 11.1 Å². The predicted octanol–water partition coefficient (Wildman–Crippen LogP) is 5.52. The van der Waals surface area contributed by atoms with Crippen LogP contribution in [0.2, 0.25) is 5.02 Å². The van der Waals surface area contributed by atoms with Gasteiger partial charge in [-0.3, -0.25) is 4.79 Å². The van der Waals surface area contributed by atoms with Gasteiger partial charge in [-0.2, -0.15) is 0 Å². The van der Waals surface area contributed by atoms with Gasteiger partial charge in [0.2, 0.25) is 0 Å². The summed E-state index contributed by atoms with van der Waals surface area (Å²) in [5, 5.41) is 13.3. The highest BCUT2D eigenvalue weighted by Gasteiger charge is 2.24. The molecule has 162 valence electrons. The molecule has 6 nitrogen and oxygen atoms in total. The molecule has 0 aliphatic carbocycles. The number of amidine groups is 1. The van der Waals surface area contributed by atoms with E-state index in [4.69, 9.17) is 21.1 Å². The normalized spacial score (nSPS) is 15.8. The van der Waals surface area contributed by atoms with Crippen LogP contribution in [0.3, 0.4) is 0 Å². The van der Waals surface area contributed by atoms with E-state index in [1.807, 2.05) is 42.5 Å². The number of carbonyl (C=O) groups is 1. The maximum Gasteiger partial charge on any atom is 0.264 e. The van der Waals surface area contributed by atoms with E-state index in [1.165, 1.54) is 11.8 Å². The van der Waals surface area contributed by atoms with E-state index < -0.39 is 0 Å². The largest absolute Gasteiger partial charge is 0.508 e. The second kappa shape index (κ2) is 9.80. The summed E-state index contributed by atoms with van der Waals surface area (Å²) in [6.45, 7) is 0.378. The summed E-state index contributed by atoms with van der Waals surface area (Å²) >= 11 is 7.16. The second-order valence-electron chi connectivity index (χ2n) is 6.82. The van der Waals surface area contributed by atoms with Crippen LogP contribution in [0.5, 0.6) is 17.2 Å². The zero-order valence-corrected chi connectivity index (χ0v) is 18.6. The number of thioether (sulfide) groups is 1. The molecule has 3 aromatic rings. The first-order valence-corrected chi connectivity index (χ1v) is 10.8. The SMILES string of the molecule is COc1cc(C=C2SC(=Nc3ccc(O)cc3)NC2=O)ccc1OCc1ccc(Cl)cc1. The number of nitrogens with zero attached hydrogens (tertiary/aromatic N) is 1. The van der Waals surface area contributed by atoms with E-state index in [1.54, 1.807) is 37.5 Å². The molecule has 0 bridgehead atoms. The molecule has 3 aromatic carbocycles. The minimum absolute atomic E-state index is 0.159. The smallest absolute Gasteiger partial charge is 0.264 e. The Labute approximate surface area is 194 Å². The molecule has 1 fully saturated rings. The fourth-order valence-corrected chi connectivity index (χ4v) is 3.88. The molecule has 1 amide bonds. The van der Waals surface area contributed by atoms with Gasteiger partial charge in [-0.25, -0.2) is 4.99 Å². The number of aromatic hydroxyl groups is 1. The monoisotopic (exact) mass is 466 g/mol. The van der Waals surface area contributed by atoms with Gasteiger partial charge in [0, 0.05) is 5.02 Å². The number of ether oxygens (including phenoxy) is 2. The predicted molar refractivity (Wildman–Crippen MR) is 128 cm³/mol. The third-order valence-electron chi connectivity index (χ3n) is 4.52. The van der Waals surface area contributed by atoms with Gasteiger partial charge >= 0.3 is 0 Å². The van der Waals surface area contributed by atoms with Crippen molar-refractivity contribution in [3.63, 3.8) is 0 Å². The van der Waals surface area contributed by atoms with Crippen molar-refractivity contribution in [2.75, 3.05) is 7.11 Å². The number of hydrogen-bond acceptors (Lipinski definition) is 6. The molecule has 4 rings (SSSR count). The van der Waals surface area contributed by atoms with Gasteiger partial charge < -0.3 is 19.9 Å². The fourth-order valence-electron chi connectivity index (χ4n) is 2.91. The number of nitrogens with one attached hydrogen (secondary N) is 1. The number of phenolic OH excluding ortho intramolecular Hbond substituents is 1. The number of aliphatic imine (C=N–C) groups is 1. The summed E-state index contributed by atoms with van der Waals surface area (Å²) in [5.74, 6) is 1.10. The Morgan fingerprint density at radius 1 is 1.06 bits per heavy atom. The Morgan fingerprint density at radius 2 is 1.81 bits per heavy atom. The average molecular weight is 467 g/mol. The van der Waals surface area contributed by atoms with Crippen molar-refractivity contribution in [2.45, 2.75) is 6.61 Å². The molecule has 2 N–H and O–H groups in total. The van der Waals surface area contributed by atoms with Gasteiger partial charge in [-0.1, -0.05) is 29.8 Å². The van der Waals surface area contributed by atoms with Gasteiger partial charge in [-0.05, 0) is 77.5 Å². The van der Waals surface area contributed by atoms with Gasteiger partial charge in [-0.15, -0.1) is 0 Å². The molecule has 0 aromatic heterocycles. The lowest BCUT2D eigenvalue weighted by Crippen LogP contribution is -2.19. The van der Waals surface area contributed by atoms with Gasteiger partial charge in [0.15, 0.2) is 16.7 Å². The highest BCUT2D eigenvalue weighted by atomic mass is 35.5. The van der Waals surface area contributed by atoms with Crippen molar-refractivity contribution in [1.29, 1.82) is 0 Å².